The number of carbonyl (C=O) groups excluding carboxylic acids is 1. The second-order valence-corrected chi connectivity index (χ2v) is 9.08. The number of benzene rings is 4. The maximum absolute atomic E-state index is 13.6. The molecular weight excluding hydrogens is 464 g/mol. The number of fused-ring (bicyclic) bond motifs is 4. The van der Waals surface area contributed by atoms with Crippen LogP contribution in [0.4, 0.5) is 0 Å². The zero-order chi connectivity index (χ0) is 25.5. The number of nitrogens with zero attached hydrogens (tertiary/aromatic N) is 4. The summed E-state index contributed by atoms with van der Waals surface area (Å²) in [4.78, 5) is 26.6. The number of ether oxygens (including phenoxy) is 1. The molecule has 0 saturated heterocycles. The monoisotopic (exact) mass is 488 g/mol. The van der Waals surface area contributed by atoms with Crippen LogP contribution in [-0.2, 0) is 6.54 Å². The van der Waals surface area contributed by atoms with Gasteiger partial charge in [0, 0.05) is 11.5 Å². The summed E-state index contributed by atoms with van der Waals surface area (Å²) in [5.74, 6) is 1.20. The summed E-state index contributed by atoms with van der Waals surface area (Å²) in [5.41, 5.74) is 2.90. The van der Waals surface area contributed by atoms with Crippen molar-refractivity contribution in [1.29, 1.82) is 0 Å². The molecule has 7 heteroatoms. The van der Waals surface area contributed by atoms with E-state index in [1.165, 1.54) is 4.57 Å². The van der Waals surface area contributed by atoms with Crippen LogP contribution in [-0.4, -0.2) is 32.1 Å². The van der Waals surface area contributed by atoms with Crippen molar-refractivity contribution in [2.45, 2.75) is 19.4 Å². The molecule has 6 rings (SSSR count). The fraction of sp³-hybridized carbons (Fsp3) is 0.133. The van der Waals surface area contributed by atoms with Gasteiger partial charge < -0.3 is 4.74 Å². The molecule has 7 nitrogen and oxygen atoms in total. The van der Waals surface area contributed by atoms with Gasteiger partial charge in [-0.2, -0.15) is 0 Å². The van der Waals surface area contributed by atoms with Crippen molar-refractivity contribution < 1.29 is 9.53 Å². The number of para-hydroxylation sites is 2. The third-order valence-corrected chi connectivity index (χ3v) is 6.89. The first-order valence-electron chi connectivity index (χ1n) is 12.1. The highest BCUT2D eigenvalue weighted by Crippen LogP contribution is 2.29. The van der Waals surface area contributed by atoms with E-state index in [0.717, 1.165) is 27.6 Å². The molecular formula is C30H24N4O3. The molecule has 0 spiro atoms. The van der Waals surface area contributed by atoms with E-state index < -0.39 is 0 Å². The Morgan fingerprint density at radius 3 is 2.35 bits per heavy atom. The van der Waals surface area contributed by atoms with Crippen molar-refractivity contribution in [2.75, 3.05) is 7.11 Å². The third-order valence-electron chi connectivity index (χ3n) is 6.89. The van der Waals surface area contributed by atoms with Crippen LogP contribution in [0.25, 0.3) is 27.5 Å². The average Bonchev–Trinajstić information content (AvgIpc) is 3.40. The van der Waals surface area contributed by atoms with Gasteiger partial charge in [-0.1, -0.05) is 73.7 Å². The first-order chi connectivity index (χ1) is 18.0. The van der Waals surface area contributed by atoms with Crippen LogP contribution in [0.2, 0.25) is 0 Å². The Kier molecular flexibility index (Phi) is 5.53. The summed E-state index contributed by atoms with van der Waals surface area (Å²) in [7, 11) is 1.66. The standard InChI is InChI=1S/C30H24N4O3/c1-19(21-12-13-23-17-24(37-2)15-14-22(23)16-21)28-31-32-29-30(36)33(18-27(35)20-8-4-3-5-9-20)25-10-6-7-11-26(25)34(28)29/h3-17,19H,18H2,1-2H3. The van der Waals surface area contributed by atoms with Crippen molar-refractivity contribution in [3.63, 3.8) is 0 Å². The molecule has 0 bridgehead atoms. The Morgan fingerprint density at radius 2 is 1.57 bits per heavy atom. The first-order valence-corrected chi connectivity index (χ1v) is 12.1. The van der Waals surface area contributed by atoms with Gasteiger partial charge in [0.25, 0.3) is 5.56 Å². The number of hydrogen-bond donors (Lipinski definition) is 0. The van der Waals surface area contributed by atoms with Gasteiger partial charge in [-0.3, -0.25) is 18.6 Å². The lowest BCUT2D eigenvalue weighted by Gasteiger charge is -2.15. The Hall–Kier alpha value is -4.78. The van der Waals surface area contributed by atoms with Crippen LogP contribution in [0.3, 0.4) is 0 Å². The van der Waals surface area contributed by atoms with Gasteiger partial charge in [0.15, 0.2) is 5.78 Å². The van der Waals surface area contributed by atoms with E-state index in [1.54, 1.807) is 19.2 Å². The van der Waals surface area contributed by atoms with Gasteiger partial charge in [0.05, 0.1) is 24.7 Å². The van der Waals surface area contributed by atoms with E-state index in [0.29, 0.717) is 16.9 Å². The Balaban J connectivity index is 1.48. The zero-order valence-electron chi connectivity index (χ0n) is 20.5. The summed E-state index contributed by atoms with van der Waals surface area (Å²) < 4.78 is 8.66. The molecule has 0 fully saturated rings. The van der Waals surface area contributed by atoms with Crippen molar-refractivity contribution in [3.8, 4) is 5.75 Å². The molecule has 2 heterocycles. The minimum Gasteiger partial charge on any atom is -0.497 e. The predicted molar refractivity (Wildman–Crippen MR) is 144 cm³/mol. The van der Waals surface area contributed by atoms with Gasteiger partial charge >= 0.3 is 0 Å². The maximum atomic E-state index is 13.6. The lowest BCUT2D eigenvalue weighted by molar-refractivity contribution is 0.0972. The number of rotatable bonds is 6. The molecule has 1 atom stereocenters. The van der Waals surface area contributed by atoms with Gasteiger partial charge in [-0.25, -0.2) is 0 Å². The van der Waals surface area contributed by atoms with Gasteiger partial charge in [-0.15, -0.1) is 10.2 Å². The Bertz CT molecular complexity index is 1850. The third kappa shape index (κ3) is 3.85. The minimum absolute atomic E-state index is 0.0776. The highest BCUT2D eigenvalue weighted by atomic mass is 16.5. The van der Waals surface area contributed by atoms with Gasteiger partial charge in [0.2, 0.25) is 5.65 Å². The molecule has 4 aromatic carbocycles. The van der Waals surface area contributed by atoms with E-state index in [2.05, 4.69) is 35.3 Å². The lowest BCUT2D eigenvalue weighted by atomic mass is 9.97. The van der Waals surface area contributed by atoms with E-state index in [1.807, 2.05) is 65.1 Å². The summed E-state index contributed by atoms with van der Waals surface area (Å²) in [5, 5.41) is 10.9. The topological polar surface area (TPSA) is 78.5 Å². The van der Waals surface area contributed by atoms with Crippen LogP contribution in [0.5, 0.6) is 5.75 Å². The van der Waals surface area contributed by atoms with Crippen LogP contribution < -0.4 is 10.3 Å². The average molecular weight is 489 g/mol. The van der Waals surface area contributed by atoms with Gasteiger partial charge in [0.1, 0.15) is 11.6 Å². The second kappa shape index (κ2) is 9.02. The molecule has 2 aromatic heterocycles. The minimum atomic E-state index is -0.348. The second-order valence-electron chi connectivity index (χ2n) is 9.08. The SMILES string of the molecule is COc1ccc2cc(C(C)c3nnc4c(=O)n(CC(=O)c5ccccc5)c5ccccc5n34)ccc2c1. The number of aromatic nitrogens is 4. The first kappa shape index (κ1) is 22.7. The molecule has 37 heavy (non-hydrogen) atoms. The van der Waals surface area contributed by atoms with Crippen LogP contribution >= 0.6 is 0 Å². The van der Waals surface area contributed by atoms with Crippen molar-refractivity contribution >= 4 is 33.2 Å². The molecule has 182 valence electrons. The van der Waals surface area contributed by atoms with Crippen LogP contribution in [0.1, 0.15) is 34.6 Å². The van der Waals surface area contributed by atoms with E-state index in [9.17, 15) is 9.59 Å². The highest BCUT2D eigenvalue weighted by molar-refractivity contribution is 5.96. The van der Waals surface area contributed by atoms with Crippen molar-refractivity contribution in [3.05, 3.63) is 118 Å². The molecule has 0 saturated carbocycles. The van der Waals surface area contributed by atoms with E-state index in [4.69, 9.17) is 4.74 Å². The highest BCUT2D eigenvalue weighted by Gasteiger charge is 2.22. The summed E-state index contributed by atoms with van der Waals surface area (Å²) in [6.45, 7) is 1.98. The van der Waals surface area contributed by atoms with Crippen molar-refractivity contribution in [1.82, 2.24) is 19.2 Å². The number of hydrogen-bond acceptors (Lipinski definition) is 5. The molecule has 0 aliphatic carbocycles. The summed E-state index contributed by atoms with van der Waals surface area (Å²) in [6, 6.07) is 28.8. The molecule has 0 N–H and O–H groups in total. The molecule has 6 aromatic rings. The van der Waals surface area contributed by atoms with Crippen molar-refractivity contribution in [2.24, 2.45) is 0 Å². The van der Waals surface area contributed by atoms with Crippen LogP contribution in [0.15, 0.2) is 95.8 Å². The largest absolute Gasteiger partial charge is 0.497 e. The molecule has 0 aliphatic heterocycles. The summed E-state index contributed by atoms with van der Waals surface area (Å²) >= 11 is 0. The lowest BCUT2D eigenvalue weighted by Crippen LogP contribution is -2.27. The number of Topliss-reactive ketones (excluding diaryl/α,β-unsaturated/α-hetero) is 1. The van der Waals surface area contributed by atoms with Gasteiger partial charge in [-0.05, 0) is 40.6 Å². The summed E-state index contributed by atoms with van der Waals surface area (Å²) in [6.07, 6.45) is 0. The quantitative estimate of drug-likeness (QED) is 0.300. The van der Waals surface area contributed by atoms with E-state index in [-0.39, 0.29) is 29.5 Å². The Labute approximate surface area is 212 Å². The zero-order valence-corrected chi connectivity index (χ0v) is 20.5. The Morgan fingerprint density at radius 1 is 0.865 bits per heavy atom. The molecule has 0 radical (unpaired) electrons. The molecule has 0 aliphatic rings. The fourth-order valence-corrected chi connectivity index (χ4v) is 4.87. The normalized spacial score (nSPS) is 12.3. The number of ketones is 1. The fourth-order valence-electron chi connectivity index (χ4n) is 4.87. The van der Waals surface area contributed by atoms with E-state index >= 15 is 0 Å². The molecule has 0 amide bonds. The maximum Gasteiger partial charge on any atom is 0.297 e. The number of carbonyl (C=O) groups is 1. The number of methoxy groups -OCH3 is 1. The smallest absolute Gasteiger partial charge is 0.297 e. The predicted octanol–water partition coefficient (Wildman–Crippen LogP) is 5.24. The van der Waals surface area contributed by atoms with Crippen LogP contribution in [0, 0.1) is 0 Å². The molecule has 1 unspecified atom stereocenters.